The normalized spacial score (nSPS) is 10.6. The van der Waals surface area contributed by atoms with Crippen molar-refractivity contribution in [2.45, 2.75) is 6.42 Å². The van der Waals surface area contributed by atoms with Crippen LogP contribution in [-0.4, -0.2) is 71.0 Å². The summed E-state index contributed by atoms with van der Waals surface area (Å²) in [4.78, 5) is 49.5. The van der Waals surface area contributed by atoms with Gasteiger partial charge >= 0.3 is 5.97 Å². The van der Waals surface area contributed by atoms with Crippen LogP contribution in [0.4, 0.5) is 25.8 Å². The number of benzene rings is 2. The molecule has 254 valence electrons. The predicted molar refractivity (Wildman–Crippen MR) is 174 cm³/mol. The van der Waals surface area contributed by atoms with E-state index < -0.39 is 29.4 Å². The minimum absolute atomic E-state index is 0.00616. The summed E-state index contributed by atoms with van der Waals surface area (Å²) >= 11 is 0. The molecule has 2 amide bonds. The number of hydrogen-bond donors (Lipinski definition) is 2. The van der Waals surface area contributed by atoms with Crippen LogP contribution in [0.15, 0.2) is 86.0 Å². The molecule has 0 bridgehead atoms. The number of hydrogen-bond acceptors (Lipinski definition) is 11. The lowest BCUT2D eigenvalue weighted by atomic mass is 10.1. The van der Waals surface area contributed by atoms with E-state index in [-0.39, 0.29) is 58.4 Å². The molecule has 0 aliphatic carbocycles. The van der Waals surface area contributed by atoms with E-state index >= 15 is 4.39 Å². The number of halogens is 2. The number of carbonyl (C=O) groups excluding carboxylic acids is 3. The zero-order valence-electron chi connectivity index (χ0n) is 26.3. The van der Waals surface area contributed by atoms with Gasteiger partial charge in [-0.1, -0.05) is 0 Å². The van der Waals surface area contributed by atoms with Gasteiger partial charge < -0.3 is 20.1 Å². The number of nitrogens with zero attached hydrogens (tertiary/aromatic N) is 9. The van der Waals surface area contributed by atoms with E-state index in [1.165, 1.54) is 36.9 Å². The van der Waals surface area contributed by atoms with Gasteiger partial charge in [-0.2, -0.15) is 0 Å². The Kier molecular flexibility index (Phi) is 9.70. The van der Waals surface area contributed by atoms with Crippen molar-refractivity contribution in [2.75, 3.05) is 24.4 Å². The van der Waals surface area contributed by atoms with E-state index in [1.807, 2.05) is 0 Å². The Morgan fingerprint density at radius 3 is 1.92 bits per heavy atom. The average molecular weight is 692 g/mol. The van der Waals surface area contributed by atoms with Crippen LogP contribution in [0.2, 0.25) is 0 Å². The molecular weight excluding hydrogens is 668 g/mol. The molecule has 4 heterocycles. The van der Waals surface area contributed by atoms with Gasteiger partial charge in [0, 0.05) is 43.0 Å². The average Bonchev–Trinajstić information content (AvgIpc) is 3.90. The minimum atomic E-state index is -0.963. The second-order valence-electron chi connectivity index (χ2n) is 10.4. The van der Waals surface area contributed by atoms with Crippen LogP contribution >= 0.6 is 0 Å². The van der Waals surface area contributed by atoms with Crippen LogP contribution in [0.25, 0.3) is 16.5 Å². The predicted octanol–water partition coefficient (Wildman–Crippen LogP) is 4.38. The van der Waals surface area contributed by atoms with Gasteiger partial charge in [0.05, 0.1) is 31.5 Å². The van der Waals surface area contributed by atoms with Crippen LogP contribution in [0.5, 0.6) is 5.75 Å². The Hall–Kier alpha value is -7.42. The summed E-state index contributed by atoms with van der Waals surface area (Å²) in [5, 5.41) is 20.8. The fraction of sp³-hybridized carbons (Fsp3) is 0.0909. The molecule has 16 nitrogen and oxygen atoms in total. The van der Waals surface area contributed by atoms with Crippen LogP contribution in [0.1, 0.15) is 36.9 Å². The molecule has 6 rings (SSSR count). The highest BCUT2D eigenvalue weighted by Crippen LogP contribution is 2.31. The summed E-state index contributed by atoms with van der Waals surface area (Å²) in [6.45, 7) is 7.15. The summed E-state index contributed by atoms with van der Waals surface area (Å²) < 4.78 is 43.6. The van der Waals surface area contributed by atoms with Crippen molar-refractivity contribution in [1.82, 2.24) is 39.5 Å². The highest BCUT2D eigenvalue weighted by atomic mass is 19.1. The highest BCUT2D eigenvalue weighted by molar-refractivity contribution is 6.07. The summed E-state index contributed by atoms with van der Waals surface area (Å²) in [5.74, 6) is -3.67. The summed E-state index contributed by atoms with van der Waals surface area (Å²) in [5.41, 5.74) is -0.746. The third kappa shape index (κ3) is 7.52. The molecule has 0 fully saturated rings. The fourth-order valence-corrected chi connectivity index (χ4v) is 4.64. The zero-order valence-corrected chi connectivity index (χ0v) is 26.3. The Morgan fingerprint density at radius 2 is 1.41 bits per heavy atom. The minimum Gasteiger partial charge on any atom is -0.490 e. The molecule has 2 aromatic carbocycles. The van der Waals surface area contributed by atoms with E-state index in [9.17, 15) is 18.8 Å². The smallest absolute Gasteiger partial charge is 0.340 e. The molecule has 0 spiro atoms. The monoisotopic (exact) mass is 691 g/mol. The lowest BCUT2D eigenvalue weighted by Gasteiger charge is -2.14. The molecule has 0 radical (unpaired) electrons. The standard InChI is InChI=1S/C33H23F2N11O5/c1-36-26-15-21(34)19(13-27(26)40-32(48)24-4-6-30(44-42-24)46-11-9-38-18-46)7-12-51-28-16-25(20(14-22(28)35)33(49)50-2)39-31(47)23-3-5-29(43-41-23)45-10-8-37-17-45/h3-6,8-11,13-18H,7,12H2,2H3,(H,39,47)(H,40,48). The molecule has 4 aromatic heterocycles. The van der Waals surface area contributed by atoms with Gasteiger partial charge in [-0.15, -0.1) is 20.4 Å². The maximum absolute atomic E-state index is 15.1. The molecule has 0 saturated heterocycles. The molecule has 0 aliphatic heterocycles. The quantitative estimate of drug-likeness (QED) is 0.145. The van der Waals surface area contributed by atoms with E-state index in [2.05, 4.69) is 45.8 Å². The van der Waals surface area contributed by atoms with E-state index in [4.69, 9.17) is 16.0 Å². The zero-order chi connectivity index (χ0) is 35.9. The first-order valence-electron chi connectivity index (χ1n) is 14.8. The van der Waals surface area contributed by atoms with Crippen molar-refractivity contribution in [2.24, 2.45) is 0 Å². The maximum Gasteiger partial charge on any atom is 0.340 e. The summed E-state index contributed by atoms with van der Waals surface area (Å²) in [7, 11) is 1.09. The number of aromatic nitrogens is 8. The fourth-order valence-electron chi connectivity index (χ4n) is 4.64. The largest absolute Gasteiger partial charge is 0.490 e. The van der Waals surface area contributed by atoms with Crippen LogP contribution < -0.4 is 15.4 Å². The number of ether oxygens (including phenoxy) is 2. The Balaban J connectivity index is 1.15. The van der Waals surface area contributed by atoms with Gasteiger partial charge in [-0.3, -0.25) is 18.7 Å². The van der Waals surface area contributed by atoms with Gasteiger partial charge in [0.15, 0.2) is 34.6 Å². The molecule has 0 unspecified atom stereocenters. The molecule has 2 N–H and O–H groups in total. The van der Waals surface area contributed by atoms with E-state index in [1.54, 1.807) is 40.0 Å². The third-order valence-electron chi connectivity index (χ3n) is 7.19. The third-order valence-corrected chi connectivity index (χ3v) is 7.19. The molecule has 18 heteroatoms. The SMILES string of the molecule is [C-]#[N+]c1cc(F)c(CCOc2cc(NC(=O)c3ccc(-n4ccnc4)nn3)c(C(=O)OC)cc2F)cc1NC(=O)c1ccc(-n2ccnc2)nn1. The number of esters is 1. The molecular formula is C33H23F2N11O5. The number of anilines is 2. The first kappa shape index (κ1) is 33.5. The number of imidazole rings is 2. The van der Waals surface area contributed by atoms with Crippen molar-refractivity contribution in [3.8, 4) is 17.4 Å². The molecule has 51 heavy (non-hydrogen) atoms. The Bertz CT molecular complexity index is 2260. The maximum atomic E-state index is 15.1. The second-order valence-corrected chi connectivity index (χ2v) is 10.4. The van der Waals surface area contributed by atoms with Crippen molar-refractivity contribution in [3.63, 3.8) is 0 Å². The number of methoxy groups -OCH3 is 1. The van der Waals surface area contributed by atoms with Gasteiger partial charge in [0.2, 0.25) is 5.69 Å². The molecule has 0 aliphatic rings. The van der Waals surface area contributed by atoms with Gasteiger partial charge in [0.1, 0.15) is 18.5 Å². The van der Waals surface area contributed by atoms with Crippen molar-refractivity contribution in [3.05, 3.63) is 132 Å². The van der Waals surface area contributed by atoms with Crippen LogP contribution in [0.3, 0.4) is 0 Å². The second kappa shape index (κ2) is 14.8. The first-order valence-corrected chi connectivity index (χ1v) is 14.8. The highest BCUT2D eigenvalue weighted by Gasteiger charge is 2.21. The number of carbonyl (C=O) groups is 3. The van der Waals surface area contributed by atoms with E-state index in [0.717, 1.165) is 25.3 Å². The summed E-state index contributed by atoms with van der Waals surface area (Å²) in [6.07, 6.45) is 9.28. The van der Waals surface area contributed by atoms with Gasteiger partial charge in [-0.25, -0.2) is 28.4 Å². The molecule has 6 aromatic rings. The lowest BCUT2D eigenvalue weighted by molar-refractivity contribution is 0.0601. The van der Waals surface area contributed by atoms with Crippen LogP contribution in [0, 0.1) is 18.2 Å². The number of rotatable bonds is 11. The Labute approximate surface area is 286 Å². The Morgan fingerprint density at radius 1 is 0.804 bits per heavy atom. The van der Waals surface area contributed by atoms with Crippen molar-refractivity contribution in [1.29, 1.82) is 0 Å². The molecule has 0 saturated carbocycles. The van der Waals surface area contributed by atoms with Gasteiger partial charge in [-0.05, 0) is 48.0 Å². The first-order chi connectivity index (χ1) is 24.7. The van der Waals surface area contributed by atoms with Crippen molar-refractivity contribution < 1.29 is 32.6 Å². The summed E-state index contributed by atoms with van der Waals surface area (Å²) in [6, 6.07) is 10.0. The van der Waals surface area contributed by atoms with Crippen LogP contribution in [-0.2, 0) is 11.2 Å². The lowest BCUT2D eigenvalue weighted by Crippen LogP contribution is -2.18. The number of nitrogens with one attached hydrogen (secondary N) is 2. The molecule has 0 atom stereocenters. The topological polar surface area (TPSA) is 185 Å². The number of amides is 2. The van der Waals surface area contributed by atoms with E-state index in [0.29, 0.717) is 11.6 Å². The van der Waals surface area contributed by atoms with Crippen molar-refractivity contribution >= 4 is 34.8 Å². The van der Waals surface area contributed by atoms with Gasteiger partial charge in [0.25, 0.3) is 11.8 Å².